The second-order valence-electron chi connectivity index (χ2n) is 4.82. The van der Waals surface area contributed by atoms with Crippen LogP contribution in [0.5, 0.6) is 0 Å². The van der Waals surface area contributed by atoms with E-state index in [0.29, 0.717) is 11.8 Å². The number of carbonyl (C=O) groups is 2. The maximum Gasteiger partial charge on any atom is 0.233 e. The summed E-state index contributed by atoms with van der Waals surface area (Å²) in [5.41, 5.74) is 0. The lowest BCUT2D eigenvalue weighted by Gasteiger charge is -2.32. The highest BCUT2D eigenvalue weighted by atomic mass is 16.2. The lowest BCUT2D eigenvalue weighted by atomic mass is 9.69. The molecule has 0 spiro atoms. The SMILES string of the molecule is CC1CCC(C)C2C(=O)N(C)C(=O)C12. The number of amides is 2. The Labute approximate surface area is 84.5 Å². The van der Waals surface area contributed by atoms with E-state index in [0.717, 1.165) is 12.8 Å². The van der Waals surface area contributed by atoms with Gasteiger partial charge in [0.05, 0.1) is 11.8 Å². The van der Waals surface area contributed by atoms with Crippen LogP contribution in [-0.2, 0) is 9.59 Å². The first-order valence-electron chi connectivity index (χ1n) is 5.35. The highest BCUT2D eigenvalue weighted by Gasteiger charge is 2.52. The van der Waals surface area contributed by atoms with E-state index in [1.807, 2.05) is 0 Å². The minimum atomic E-state index is -0.0313. The predicted molar refractivity (Wildman–Crippen MR) is 52.3 cm³/mol. The van der Waals surface area contributed by atoms with Gasteiger partial charge in [-0.25, -0.2) is 0 Å². The molecule has 4 unspecified atom stereocenters. The van der Waals surface area contributed by atoms with Crippen LogP contribution in [0.3, 0.4) is 0 Å². The van der Waals surface area contributed by atoms with Crippen molar-refractivity contribution in [1.82, 2.24) is 4.90 Å². The normalized spacial score (nSPS) is 42.9. The molecule has 1 aliphatic carbocycles. The summed E-state index contributed by atoms with van der Waals surface area (Å²) in [6, 6.07) is 0. The Bertz CT molecular complexity index is 259. The number of fused-ring (bicyclic) bond motifs is 1. The summed E-state index contributed by atoms with van der Waals surface area (Å²) in [7, 11) is 1.61. The molecule has 1 aliphatic heterocycles. The summed E-state index contributed by atoms with van der Waals surface area (Å²) in [5, 5.41) is 0. The summed E-state index contributed by atoms with van der Waals surface area (Å²) in [6.45, 7) is 4.18. The molecule has 0 bridgehead atoms. The fourth-order valence-electron chi connectivity index (χ4n) is 2.94. The number of hydrogen-bond donors (Lipinski definition) is 0. The van der Waals surface area contributed by atoms with Crippen molar-refractivity contribution in [2.45, 2.75) is 26.7 Å². The Morgan fingerprint density at radius 2 is 1.36 bits per heavy atom. The number of imide groups is 1. The van der Waals surface area contributed by atoms with Crippen molar-refractivity contribution >= 4 is 11.8 Å². The van der Waals surface area contributed by atoms with Crippen LogP contribution in [0.2, 0.25) is 0 Å². The van der Waals surface area contributed by atoms with Gasteiger partial charge in [0, 0.05) is 7.05 Å². The average molecular weight is 195 g/mol. The summed E-state index contributed by atoms with van der Waals surface area (Å²) in [5.74, 6) is 0.765. The van der Waals surface area contributed by atoms with E-state index in [-0.39, 0.29) is 23.7 Å². The molecule has 0 aromatic heterocycles. The smallest absolute Gasteiger partial charge is 0.233 e. The zero-order chi connectivity index (χ0) is 10.5. The second-order valence-corrected chi connectivity index (χ2v) is 4.82. The maximum absolute atomic E-state index is 11.8. The Morgan fingerprint density at radius 1 is 1.00 bits per heavy atom. The van der Waals surface area contributed by atoms with Gasteiger partial charge in [0.25, 0.3) is 0 Å². The second kappa shape index (κ2) is 3.07. The first kappa shape index (κ1) is 9.69. The standard InChI is InChI=1S/C11H17NO2/c1-6-4-5-7(2)9-8(6)10(13)12(3)11(9)14/h6-9H,4-5H2,1-3H3. The van der Waals surface area contributed by atoms with Crippen LogP contribution in [0, 0.1) is 23.7 Å². The minimum absolute atomic E-state index is 0.0313. The minimum Gasteiger partial charge on any atom is -0.285 e. The first-order chi connectivity index (χ1) is 6.54. The van der Waals surface area contributed by atoms with E-state index in [2.05, 4.69) is 13.8 Å². The molecule has 0 radical (unpaired) electrons. The molecule has 14 heavy (non-hydrogen) atoms. The zero-order valence-corrected chi connectivity index (χ0v) is 8.99. The Kier molecular flexibility index (Phi) is 2.13. The molecule has 3 heteroatoms. The fourth-order valence-corrected chi connectivity index (χ4v) is 2.94. The van der Waals surface area contributed by atoms with Gasteiger partial charge in [0.1, 0.15) is 0 Å². The molecule has 0 aromatic carbocycles. The molecule has 4 atom stereocenters. The number of rotatable bonds is 0. The van der Waals surface area contributed by atoms with Crippen LogP contribution in [0.25, 0.3) is 0 Å². The van der Waals surface area contributed by atoms with Crippen molar-refractivity contribution in [2.75, 3.05) is 7.05 Å². The van der Waals surface area contributed by atoms with Gasteiger partial charge in [-0.15, -0.1) is 0 Å². The lowest BCUT2D eigenvalue weighted by molar-refractivity contribution is -0.138. The van der Waals surface area contributed by atoms with Crippen molar-refractivity contribution in [3.8, 4) is 0 Å². The van der Waals surface area contributed by atoms with Crippen molar-refractivity contribution in [3.63, 3.8) is 0 Å². The fraction of sp³-hybridized carbons (Fsp3) is 0.818. The van der Waals surface area contributed by atoms with Crippen molar-refractivity contribution in [3.05, 3.63) is 0 Å². The van der Waals surface area contributed by atoms with Gasteiger partial charge in [-0.1, -0.05) is 13.8 Å². The topological polar surface area (TPSA) is 37.4 Å². The van der Waals surface area contributed by atoms with Crippen molar-refractivity contribution in [1.29, 1.82) is 0 Å². The predicted octanol–water partition coefficient (Wildman–Crippen LogP) is 1.28. The number of hydrogen-bond acceptors (Lipinski definition) is 2. The van der Waals surface area contributed by atoms with Gasteiger partial charge in [0.2, 0.25) is 11.8 Å². The summed E-state index contributed by atoms with van der Waals surface area (Å²) >= 11 is 0. The Morgan fingerprint density at radius 3 is 1.71 bits per heavy atom. The Balaban J connectivity index is 2.34. The zero-order valence-electron chi connectivity index (χ0n) is 8.99. The van der Waals surface area contributed by atoms with Crippen LogP contribution in [0.4, 0.5) is 0 Å². The van der Waals surface area contributed by atoms with Crippen LogP contribution in [0.15, 0.2) is 0 Å². The van der Waals surface area contributed by atoms with Crippen LogP contribution < -0.4 is 0 Å². The third-order valence-electron chi connectivity index (χ3n) is 3.92. The van der Waals surface area contributed by atoms with E-state index in [1.54, 1.807) is 7.05 Å². The van der Waals surface area contributed by atoms with E-state index in [9.17, 15) is 9.59 Å². The van der Waals surface area contributed by atoms with Gasteiger partial charge in [-0.2, -0.15) is 0 Å². The van der Waals surface area contributed by atoms with Crippen LogP contribution in [-0.4, -0.2) is 23.8 Å². The Hall–Kier alpha value is -0.860. The van der Waals surface area contributed by atoms with Crippen LogP contribution in [0.1, 0.15) is 26.7 Å². The van der Waals surface area contributed by atoms with E-state index in [4.69, 9.17) is 0 Å². The van der Waals surface area contributed by atoms with E-state index < -0.39 is 0 Å². The van der Waals surface area contributed by atoms with Gasteiger partial charge in [0.15, 0.2) is 0 Å². The van der Waals surface area contributed by atoms with Gasteiger partial charge < -0.3 is 0 Å². The van der Waals surface area contributed by atoms with Crippen LogP contribution >= 0.6 is 0 Å². The largest absolute Gasteiger partial charge is 0.285 e. The van der Waals surface area contributed by atoms with E-state index >= 15 is 0 Å². The van der Waals surface area contributed by atoms with Gasteiger partial charge >= 0.3 is 0 Å². The summed E-state index contributed by atoms with van der Waals surface area (Å²) in [6.07, 6.45) is 2.16. The molecule has 2 aliphatic rings. The molecular weight excluding hydrogens is 178 g/mol. The molecule has 1 saturated carbocycles. The number of carbonyl (C=O) groups excluding carboxylic acids is 2. The molecule has 1 heterocycles. The molecule has 0 N–H and O–H groups in total. The summed E-state index contributed by atoms with van der Waals surface area (Å²) < 4.78 is 0. The highest BCUT2D eigenvalue weighted by Crippen LogP contribution is 2.43. The molecule has 2 fully saturated rings. The number of nitrogens with zero attached hydrogens (tertiary/aromatic N) is 1. The van der Waals surface area contributed by atoms with Crippen molar-refractivity contribution < 1.29 is 9.59 Å². The third-order valence-corrected chi connectivity index (χ3v) is 3.92. The average Bonchev–Trinajstić information content (AvgIpc) is 2.38. The molecule has 0 aromatic rings. The lowest BCUT2D eigenvalue weighted by Crippen LogP contribution is -2.34. The molecule has 2 rings (SSSR count). The molecule has 1 saturated heterocycles. The van der Waals surface area contributed by atoms with E-state index in [1.165, 1.54) is 4.90 Å². The quantitative estimate of drug-likeness (QED) is 0.546. The van der Waals surface area contributed by atoms with Gasteiger partial charge in [-0.3, -0.25) is 14.5 Å². The summed E-state index contributed by atoms with van der Waals surface area (Å²) in [4.78, 5) is 24.9. The maximum atomic E-state index is 11.8. The highest BCUT2D eigenvalue weighted by molar-refractivity contribution is 6.05. The van der Waals surface area contributed by atoms with Crippen molar-refractivity contribution in [2.24, 2.45) is 23.7 Å². The molecular formula is C11H17NO2. The third kappa shape index (κ3) is 1.11. The first-order valence-corrected chi connectivity index (χ1v) is 5.35. The molecule has 3 nitrogen and oxygen atoms in total. The van der Waals surface area contributed by atoms with Gasteiger partial charge in [-0.05, 0) is 24.7 Å². The molecule has 2 amide bonds. The number of likely N-dealkylation sites (tertiary alicyclic amines) is 1. The monoisotopic (exact) mass is 195 g/mol. The molecule has 78 valence electrons.